The third-order valence-electron chi connectivity index (χ3n) is 3.72. The van der Waals surface area contributed by atoms with Crippen molar-refractivity contribution in [2.75, 3.05) is 6.79 Å². The summed E-state index contributed by atoms with van der Waals surface area (Å²) in [4.78, 5) is 15.4. The molecular weight excluding hydrogens is 316 g/mol. The van der Waals surface area contributed by atoms with Crippen LogP contribution in [0.1, 0.15) is 16.1 Å². The summed E-state index contributed by atoms with van der Waals surface area (Å²) in [5, 5.41) is 4.43. The molecular formula is C17H13ClN2O3. The van der Waals surface area contributed by atoms with Crippen molar-refractivity contribution in [2.24, 2.45) is 0 Å². The average Bonchev–Trinajstić information content (AvgIpc) is 3.17. The summed E-state index contributed by atoms with van der Waals surface area (Å²) < 4.78 is 10.6. The number of carbonyl (C=O) groups is 1. The number of carbonyl (C=O) groups excluding carboxylic acids is 1. The van der Waals surface area contributed by atoms with Gasteiger partial charge in [-0.15, -0.1) is 0 Å². The minimum Gasteiger partial charge on any atom is -0.454 e. The number of halogens is 1. The lowest BCUT2D eigenvalue weighted by molar-refractivity contribution is 0.0946. The minimum absolute atomic E-state index is 0.171. The molecule has 1 aliphatic heterocycles. The smallest absolute Gasteiger partial charge is 0.267 e. The normalized spacial score (nSPS) is 12.6. The number of benzene rings is 2. The Hall–Kier alpha value is -2.66. The number of amides is 1. The first-order valence-electron chi connectivity index (χ1n) is 7.14. The molecule has 1 aromatic heterocycles. The van der Waals surface area contributed by atoms with Crippen LogP contribution in [0.5, 0.6) is 11.5 Å². The van der Waals surface area contributed by atoms with E-state index >= 15 is 0 Å². The van der Waals surface area contributed by atoms with Crippen LogP contribution in [-0.2, 0) is 6.54 Å². The van der Waals surface area contributed by atoms with E-state index in [2.05, 4.69) is 10.3 Å². The molecule has 0 saturated heterocycles. The summed E-state index contributed by atoms with van der Waals surface area (Å²) >= 11 is 5.96. The number of fused-ring (bicyclic) bond motifs is 2. The van der Waals surface area contributed by atoms with E-state index in [0.29, 0.717) is 23.0 Å². The highest BCUT2D eigenvalue weighted by atomic mass is 35.5. The summed E-state index contributed by atoms with van der Waals surface area (Å²) in [6.07, 6.45) is 0. The van der Waals surface area contributed by atoms with Crippen molar-refractivity contribution in [1.29, 1.82) is 0 Å². The van der Waals surface area contributed by atoms with Crippen LogP contribution in [0.4, 0.5) is 0 Å². The maximum absolute atomic E-state index is 12.3. The number of hydrogen-bond donors (Lipinski definition) is 2. The maximum atomic E-state index is 12.3. The Kier molecular flexibility index (Phi) is 3.35. The zero-order valence-corrected chi connectivity index (χ0v) is 12.8. The summed E-state index contributed by atoms with van der Waals surface area (Å²) in [7, 11) is 0. The van der Waals surface area contributed by atoms with E-state index in [4.69, 9.17) is 21.1 Å². The Labute approximate surface area is 137 Å². The second-order valence-electron chi connectivity index (χ2n) is 5.28. The number of aromatic amines is 1. The van der Waals surface area contributed by atoms with E-state index in [9.17, 15) is 4.79 Å². The molecule has 0 radical (unpaired) electrons. The zero-order chi connectivity index (χ0) is 15.8. The summed E-state index contributed by atoms with van der Waals surface area (Å²) in [5.41, 5.74) is 2.33. The fraction of sp³-hybridized carbons (Fsp3) is 0.118. The molecule has 23 heavy (non-hydrogen) atoms. The highest BCUT2D eigenvalue weighted by Crippen LogP contribution is 2.32. The van der Waals surface area contributed by atoms with Gasteiger partial charge in [-0.2, -0.15) is 0 Å². The topological polar surface area (TPSA) is 63.4 Å². The standard InChI is InChI=1S/C17H13ClN2O3/c18-12-2-3-13-11(6-12)7-14(20-13)17(21)19-8-10-1-4-15-16(5-10)23-9-22-15/h1-7,20H,8-9H2,(H,19,21). The number of nitrogens with one attached hydrogen (secondary N) is 2. The minimum atomic E-state index is -0.171. The van der Waals surface area contributed by atoms with Gasteiger partial charge in [0.25, 0.3) is 5.91 Å². The summed E-state index contributed by atoms with van der Waals surface area (Å²) in [5.74, 6) is 1.26. The van der Waals surface area contributed by atoms with Crippen molar-refractivity contribution < 1.29 is 14.3 Å². The molecule has 5 nitrogen and oxygen atoms in total. The van der Waals surface area contributed by atoms with E-state index in [1.807, 2.05) is 30.3 Å². The lowest BCUT2D eigenvalue weighted by atomic mass is 10.2. The molecule has 0 atom stereocenters. The van der Waals surface area contributed by atoms with Crippen LogP contribution in [-0.4, -0.2) is 17.7 Å². The molecule has 3 aromatic rings. The average molecular weight is 329 g/mol. The lowest BCUT2D eigenvalue weighted by Gasteiger charge is -2.05. The number of hydrogen-bond acceptors (Lipinski definition) is 3. The van der Waals surface area contributed by atoms with Crippen LogP contribution < -0.4 is 14.8 Å². The van der Waals surface area contributed by atoms with Crippen LogP contribution in [0.2, 0.25) is 5.02 Å². The molecule has 2 heterocycles. The van der Waals surface area contributed by atoms with E-state index < -0.39 is 0 Å². The summed E-state index contributed by atoms with van der Waals surface area (Å²) in [6.45, 7) is 0.647. The molecule has 0 saturated carbocycles. The quantitative estimate of drug-likeness (QED) is 0.773. The predicted octanol–water partition coefficient (Wildman–Crippen LogP) is 3.48. The molecule has 0 bridgehead atoms. The molecule has 0 spiro atoms. The monoisotopic (exact) mass is 328 g/mol. The largest absolute Gasteiger partial charge is 0.454 e. The van der Waals surface area contributed by atoms with E-state index in [1.165, 1.54) is 0 Å². The fourth-order valence-electron chi connectivity index (χ4n) is 2.55. The van der Waals surface area contributed by atoms with Crippen LogP contribution >= 0.6 is 11.6 Å². The SMILES string of the molecule is O=C(NCc1ccc2c(c1)OCO2)c1cc2cc(Cl)ccc2[nH]1. The van der Waals surface area contributed by atoms with Crippen molar-refractivity contribution in [3.05, 3.63) is 58.7 Å². The maximum Gasteiger partial charge on any atom is 0.267 e. The van der Waals surface area contributed by atoms with Crippen LogP contribution in [0.15, 0.2) is 42.5 Å². The molecule has 0 aliphatic carbocycles. The summed E-state index contributed by atoms with van der Waals surface area (Å²) in [6, 6.07) is 12.9. The van der Waals surface area contributed by atoms with Gasteiger partial charge in [0.05, 0.1) is 0 Å². The Morgan fingerprint density at radius 2 is 2.00 bits per heavy atom. The molecule has 6 heteroatoms. The van der Waals surface area contributed by atoms with E-state index in [0.717, 1.165) is 22.2 Å². The second-order valence-corrected chi connectivity index (χ2v) is 5.72. The first-order chi connectivity index (χ1) is 11.2. The van der Waals surface area contributed by atoms with Gasteiger partial charge in [0.1, 0.15) is 5.69 Å². The van der Waals surface area contributed by atoms with Crippen molar-refractivity contribution in [2.45, 2.75) is 6.54 Å². The van der Waals surface area contributed by atoms with Crippen molar-refractivity contribution in [1.82, 2.24) is 10.3 Å². The van der Waals surface area contributed by atoms with Gasteiger partial charge in [-0.05, 0) is 42.0 Å². The van der Waals surface area contributed by atoms with Crippen LogP contribution in [0.3, 0.4) is 0 Å². The molecule has 1 amide bonds. The zero-order valence-electron chi connectivity index (χ0n) is 12.1. The number of ether oxygens (including phenoxy) is 2. The Bertz CT molecular complexity index is 904. The van der Waals surface area contributed by atoms with Gasteiger partial charge in [0, 0.05) is 22.5 Å². The second kappa shape index (κ2) is 5.52. The highest BCUT2D eigenvalue weighted by molar-refractivity contribution is 6.31. The lowest BCUT2D eigenvalue weighted by Crippen LogP contribution is -2.23. The van der Waals surface area contributed by atoms with Crippen molar-refractivity contribution in [3.8, 4) is 11.5 Å². The molecule has 116 valence electrons. The van der Waals surface area contributed by atoms with Gasteiger partial charge in [-0.1, -0.05) is 17.7 Å². The predicted molar refractivity (Wildman–Crippen MR) is 87.0 cm³/mol. The Balaban J connectivity index is 1.48. The number of H-pyrrole nitrogens is 1. The van der Waals surface area contributed by atoms with E-state index in [1.54, 1.807) is 12.1 Å². The van der Waals surface area contributed by atoms with Crippen LogP contribution in [0, 0.1) is 0 Å². The third-order valence-corrected chi connectivity index (χ3v) is 3.95. The molecule has 2 aromatic carbocycles. The Morgan fingerprint density at radius 3 is 2.91 bits per heavy atom. The van der Waals surface area contributed by atoms with Gasteiger partial charge in [0.2, 0.25) is 6.79 Å². The van der Waals surface area contributed by atoms with Gasteiger partial charge in [-0.25, -0.2) is 0 Å². The first kappa shape index (κ1) is 14.0. The van der Waals surface area contributed by atoms with Gasteiger partial charge in [-0.3, -0.25) is 4.79 Å². The molecule has 1 aliphatic rings. The molecule has 2 N–H and O–H groups in total. The third kappa shape index (κ3) is 2.71. The van der Waals surface area contributed by atoms with Gasteiger partial charge < -0.3 is 19.8 Å². The fourth-order valence-corrected chi connectivity index (χ4v) is 2.73. The first-order valence-corrected chi connectivity index (χ1v) is 7.52. The Morgan fingerprint density at radius 1 is 1.13 bits per heavy atom. The molecule has 0 fully saturated rings. The van der Waals surface area contributed by atoms with Gasteiger partial charge >= 0.3 is 0 Å². The molecule has 0 unspecified atom stereocenters. The number of aromatic nitrogens is 1. The number of rotatable bonds is 3. The van der Waals surface area contributed by atoms with E-state index in [-0.39, 0.29) is 12.7 Å². The van der Waals surface area contributed by atoms with Crippen molar-refractivity contribution >= 4 is 28.4 Å². The molecule has 4 rings (SSSR count). The van der Waals surface area contributed by atoms with Crippen LogP contribution in [0.25, 0.3) is 10.9 Å². The highest BCUT2D eigenvalue weighted by Gasteiger charge is 2.14. The van der Waals surface area contributed by atoms with Gasteiger partial charge in [0.15, 0.2) is 11.5 Å². The van der Waals surface area contributed by atoms with Crippen molar-refractivity contribution in [3.63, 3.8) is 0 Å².